The highest BCUT2D eigenvalue weighted by Gasteiger charge is 2.33. The molecule has 0 spiro atoms. The third-order valence-corrected chi connectivity index (χ3v) is 7.74. The predicted molar refractivity (Wildman–Crippen MR) is 151 cm³/mol. The molecule has 0 aliphatic rings. The Bertz CT molecular complexity index is 1310. The summed E-state index contributed by atoms with van der Waals surface area (Å²) >= 11 is 12.2. The van der Waals surface area contributed by atoms with Crippen LogP contribution >= 0.6 is 23.2 Å². The predicted octanol–water partition coefficient (Wildman–Crippen LogP) is 4.40. The molecule has 39 heavy (non-hydrogen) atoms. The van der Waals surface area contributed by atoms with Crippen LogP contribution in [-0.2, 0) is 26.2 Å². The highest BCUT2D eigenvalue weighted by molar-refractivity contribution is 7.92. The molecule has 0 aliphatic heterocycles. The number of hydrogen-bond acceptors (Lipinski definition) is 7. The monoisotopic (exact) mass is 602 g/mol. The van der Waals surface area contributed by atoms with Gasteiger partial charge in [0.2, 0.25) is 21.8 Å². The Hall–Kier alpha value is -3.09. The highest BCUT2D eigenvalue weighted by Crippen LogP contribution is 2.34. The van der Waals surface area contributed by atoms with Gasteiger partial charge in [-0.15, -0.1) is 0 Å². The Morgan fingerprint density at radius 2 is 1.82 bits per heavy atom. The van der Waals surface area contributed by atoms with Gasteiger partial charge in [0.15, 0.2) is 0 Å². The summed E-state index contributed by atoms with van der Waals surface area (Å²) in [6.45, 7) is 3.32. The molecule has 2 rings (SSSR count). The van der Waals surface area contributed by atoms with Gasteiger partial charge in [-0.05, 0) is 36.6 Å². The van der Waals surface area contributed by atoms with Gasteiger partial charge in [-0.3, -0.25) is 24.0 Å². The van der Waals surface area contributed by atoms with Crippen molar-refractivity contribution < 1.29 is 27.7 Å². The zero-order valence-corrected chi connectivity index (χ0v) is 24.5. The number of nitrogens with one attached hydrogen (secondary N) is 1. The van der Waals surface area contributed by atoms with E-state index in [1.54, 1.807) is 25.1 Å². The Morgan fingerprint density at radius 3 is 2.36 bits per heavy atom. The van der Waals surface area contributed by atoms with Crippen molar-refractivity contribution in [1.82, 2.24) is 10.2 Å². The van der Waals surface area contributed by atoms with Gasteiger partial charge in [0.05, 0.1) is 28.3 Å². The molecule has 0 saturated heterocycles. The molecule has 1 N–H and O–H groups in total. The summed E-state index contributed by atoms with van der Waals surface area (Å²) in [7, 11) is -2.86. The van der Waals surface area contributed by atoms with Crippen LogP contribution in [0.25, 0.3) is 0 Å². The van der Waals surface area contributed by atoms with Gasteiger partial charge >= 0.3 is 0 Å². The third kappa shape index (κ3) is 8.70. The van der Waals surface area contributed by atoms with E-state index < -0.39 is 39.3 Å². The highest BCUT2D eigenvalue weighted by atomic mass is 35.5. The van der Waals surface area contributed by atoms with E-state index in [0.717, 1.165) is 35.5 Å². The number of rotatable bonds is 14. The molecule has 0 bridgehead atoms. The Labute approximate surface area is 238 Å². The van der Waals surface area contributed by atoms with Gasteiger partial charge in [0.1, 0.15) is 24.0 Å². The fourth-order valence-electron chi connectivity index (χ4n) is 3.84. The molecular formula is C25H32Cl2N4O7S. The van der Waals surface area contributed by atoms with E-state index in [9.17, 15) is 28.1 Å². The lowest BCUT2D eigenvalue weighted by Crippen LogP contribution is -2.52. The minimum atomic E-state index is -4.13. The largest absolute Gasteiger partial charge is 0.495 e. The fourth-order valence-corrected chi connectivity index (χ4v) is 5.01. The van der Waals surface area contributed by atoms with E-state index in [1.807, 2.05) is 6.92 Å². The number of unbranched alkanes of at least 4 members (excludes halogenated alkanes) is 1. The number of anilines is 1. The van der Waals surface area contributed by atoms with Crippen LogP contribution in [0.5, 0.6) is 5.75 Å². The van der Waals surface area contributed by atoms with Crippen molar-refractivity contribution in [3.63, 3.8) is 0 Å². The van der Waals surface area contributed by atoms with Crippen molar-refractivity contribution in [2.75, 3.05) is 30.8 Å². The average Bonchev–Trinajstić information content (AvgIpc) is 2.88. The molecule has 2 aromatic rings. The quantitative estimate of drug-likeness (QED) is 0.192. The van der Waals surface area contributed by atoms with Gasteiger partial charge in [-0.1, -0.05) is 49.5 Å². The molecule has 2 aromatic carbocycles. The summed E-state index contributed by atoms with van der Waals surface area (Å²) < 4.78 is 31.7. The molecular weight excluding hydrogens is 571 g/mol. The third-order valence-electron chi connectivity index (χ3n) is 5.87. The maximum Gasteiger partial charge on any atom is 0.271 e. The number of nitrogens with zero attached hydrogens (tertiary/aromatic N) is 3. The minimum absolute atomic E-state index is 0.0132. The van der Waals surface area contributed by atoms with Crippen LogP contribution in [0.1, 0.15) is 38.7 Å². The van der Waals surface area contributed by atoms with Crippen LogP contribution in [0.2, 0.25) is 10.0 Å². The zero-order chi connectivity index (χ0) is 29.3. The summed E-state index contributed by atoms with van der Waals surface area (Å²) in [5.74, 6) is -1.09. The molecule has 0 radical (unpaired) electrons. The van der Waals surface area contributed by atoms with Crippen LogP contribution in [0, 0.1) is 10.1 Å². The molecule has 11 nitrogen and oxygen atoms in total. The molecule has 214 valence electrons. The molecule has 1 atom stereocenters. The summed E-state index contributed by atoms with van der Waals surface area (Å²) in [6.07, 6.45) is 2.72. The van der Waals surface area contributed by atoms with Gasteiger partial charge < -0.3 is 15.0 Å². The number of carbonyl (C=O) groups excluding carboxylic acids is 2. The maximum atomic E-state index is 13.8. The number of nitro groups is 1. The van der Waals surface area contributed by atoms with E-state index in [2.05, 4.69) is 5.32 Å². The Balaban J connectivity index is 2.55. The second kappa shape index (κ2) is 14.3. The van der Waals surface area contributed by atoms with E-state index in [1.165, 1.54) is 18.1 Å². The van der Waals surface area contributed by atoms with Crippen LogP contribution in [0.15, 0.2) is 36.4 Å². The number of carbonyl (C=O) groups is 2. The van der Waals surface area contributed by atoms with Gasteiger partial charge in [-0.2, -0.15) is 0 Å². The first-order chi connectivity index (χ1) is 18.3. The molecule has 0 aliphatic carbocycles. The molecule has 0 aromatic heterocycles. The zero-order valence-electron chi connectivity index (χ0n) is 22.1. The summed E-state index contributed by atoms with van der Waals surface area (Å²) in [5, 5.41) is 14.8. The summed E-state index contributed by atoms with van der Waals surface area (Å²) in [4.78, 5) is 38.8. The second-order valence-electron chi connectivity index (χ2n) is 8.72. The number of non-ortho nitro benzene ring substituents is 1. The topological polar surface area (TPSA) is 139 Å². The molecule has 2 amide bonds. The van der Waals surface area contributed by atoms with Crippen molar-refractivity contribution in [2.45, 2.75) is 45.7 Å². The number of halogens is 2. The van der Waals surface area contributed by atoms with E-state index in [0.29, 0.717) is 17.1 Å². The van der Waals surface area contributed by atoms with E-state index in [4.69, 9.17) is 27.9 Å². The summed E-state index contributed by atoms with van der Waals surface area (Å²) in [5.41, 5.74) is -0.00447. The standard InChI is InChI=1S/C25H32Cl2N4O7S/c1-5-7-12-28-25(33)21(6-2)29(15-17-8-10-19(26)20(27)13-17)24(32)16-30(39(4,36)37)22-14-18(31(34)35)9-11-23(22)38-3/h8-11,13-14,21H,5-7,12,15-16H2,1-4H3,(H,28,33)/t21-/m0/s1. The van der Waals surface area contributed by atoms with Crippen molar-refractivity contribution in [3.8, 4) is 5.75 Å². The van der Waals surface area contributed by atoms with Crippen molar-refractivity contribution in [3.05, 3.63) is 62.1 Å². The number of nitro benzene ring substituents is 1. The lowest BCUT2D eigenvalue weighted by molar-refractivity contribution is -0.384. The first-order valence-corrected chi connectivity index (χ1v) is 14.8. The number of benzene rings is 2. The normalized spacial score (nSPS) is 11.9. The Morgan fingerprint density at radius 1 is 1.13 bits per heavy atom. The second-order valence-corrected chi connectivity index (χ2v) is 11.4. The molecule has 14 heteroatoms. The number of amides is 2. The maximum absolute atomic E-state index is 13.8. The molecule has 0 unspecified atom stereocenters. The van der Waals surface area contributed by atoms with E-state index in [-0.39, 0.29) is 35.1 Å². The van der Waals surface area contributed by atoms with Crippen LogP contribution in [0.4, 0.5) is 11.4 Å². The number of ether oxygens (including phenoxy) is 1. The number of methoxy groups -OCH3 is 1. The van der Waals surface area contributed by atoms with Gasteiger partial charge in [0.25, 0.3) is 5.69 Å². The van der Waals surface area contributed by atoms with Crippen LogP contribution < -0.4 is 14.4 Å². The first-order valence-electron chi connectivity index (χ1n) is 12.1. The van der Waals surface area contributed by atoms with E-state index >= 15 is 0 Å². The Kier molecular flexibility index (Phi) is 11.8. The van der Waals surface area contributed by atoms with Crippen LogP contribution in [-0.4, -0.2) is 62.6 Å². The summed E-state index contributed by atoms with van der Waals surface area (Å²) in [6, 6.07) is 7.26. The lowest BCUT2D eigenvalue weighted by Gasteiger charge is -2.33. The molecule has 0 heterocycles. The first kappa shape index (κ1) is 32.1. The lowest BCUT2D eigenvalue weighted by atomic mass is 10.1. The average molecular weight is 604 g/mol. The smallest absolute Gasteiger partial charge is 0.271 e. The van der Waals surface area contributed by atoms with Crippen molar-refractivity contribution in [2.24, 2.45) is 0 Å². The van der Waals surface area contributed by atoms with Gasteiger partial charge in [-0.25, -0.2) is 8.42 Å². The SMILES string of the molecule is CCCCNC(=O)[C@H](CC)N(Cc1ccc(Cl)c(Cl)c1)C(=O)CN(c1cc([N+](=O)[O-])ccc1OC)S(C)(=O)=O. The minimum Gasteiger partial charge on any atom is -0.495 e. The molecule has 0 fully saturated rings. The number of hydrogen-bond donors (Lipinski definition) is 1. The van der Waals surface area contributed by atoms with Gasteiger partial charge in [0, 0.05) is 25.2 Å². The van der Waals surface area contributed by atoms with Crippen molar-refractivity contribution in [1.29, 1.82) is 0 Å². The number of sulfonamides is 1. The van der Waals surface area contributed by atoms with Crippen molar-refractivity contribution >= 4 is 56.4 Å². The fraction of sp³-hybridized carbons (Fsp3) is 0.440. The molecule has 0 saturated carbocycles. The van der Waals surface area contributed by atoms with Crippen LogP contribution in [0.3, 0.4) is 0 Å².